The first-order valence-electron chi connectivity index (χ1n) is 9.30. The molecule has 6 nitrogen and oxygen atoms in total. The van der Waals surface area contributed by atoms with E-state index in [0.717, 1.165) is 47.9 Å². The van der Waals surface area contributed by atoms with E-state index >= 15 is 0 Å². The van der Waals surface area contributed by atoms with E-state index in [-0.39, 0.29) is 0 Å². The molecule has 2 aromatic heterocycles. The smallest absolute Gasteiger partial charge is 0.120 e. The number of pyridine rings is 1. The highest BCUT2D eigenvalue weighted by Crippen LogP contribution is 2.35. The third kappa shape index (κ3) is 4.35. The van der Waals surface area contributed by atoms with Gasteiger partial charge < -0.3 is 10.6 Å². The molecule has 3 heterocycles. The van der Waals surface area contributed by atoms with E-state index in [4.69, 9.17) is 5.26 Å². The minimum absolute atomic E-state index is 0.449. The zero-order valence-electron chi connectivity index (χ0n) is 15.7. The van der Waals surface area contributed by atoms with Crippen LogP contribution in [0.5, 0.6) is 0 Å². The van der Waals surface area contributed by atoms with Crippen LogP contribution in [-0.4, -0.2) is 39.6 Å². The molecule has 0 saturated heterocycles. The van der Waals surface area contributed by atoms with Crippen LogP contribution in [0.2, 0.25) is 0 Å². The van der Waals surface area contributed by atoms with Crippen molar-refractivity contribution in [3.8, 4) is 17.2 Å². The summed E-state index contributed by atoms with van der Waals surface area (Å²) in [6, 6.07) is 12.1. The number of fused-ring (bicyclic) bond motifs is 1. The zero-order chi connectivity index (χ0) is 19.3. The Bertz CT molecular complexity index is 989. The van der Waals surface area contributed by atoms with E-state index in [1.54, 1.807) is 4.68 Å². The van der Waals surface area contributed by atoms with Gasteiger partial charge in [0, 0.05) is 48.9 Å². The molecule has 2 N–H and O–H groups in total. The molecule has 0 saturated carbocycles. The van der Waals surface area contributed by atoms with E-state index in [1.807, 2.05) is 61.7 Å². The van der Waals surface area contributed by atoms with Gasteiger partial charge in [0.05, 0.1) is 23.5 Å². The molecule has 1 atom stereocenters. The summed E-state index contributed by atoms with van der Waals surface area (Å²) in [4.78, 5) is 4.66. The van der Waals surface area contributed by atoms with Crippen LogP contribution >= 0.6 is 11.8 Å². The van der Waals surface area contributed by atoms with Crippen LogP contribution in [0.25, 0.3) is 11.1 Å². The van der Waals surface area contributed by atoms with Crippen molar-refractivity contribution in [1.29, 1.82) is 5.26 Å². The number of anilines is 1. The molecule has 0 bridgehead atoms. The molecule has 0 amide bonds. The van der Waals surface area contributed by atoms with Crippen LogP contribution in [0.1, 0.15) is 11.1 Å². The predicted molar refractivity (Wildman–Crippen MR) is 112 cm³/mol. The Morgan fingerprint density at radius 3 is 2.89 bits per heavy atom. The van der Waals surface area contributed by atoms with Crippen LogP contribution in [0.4, 0.5) is 5.69 Å². The van der Waals surface area contributed by atoms with Crippen LogP contribution < -0.4 is 10.6 Å². The van der Waals surface area contributed by atoms with Gasteiger partial charge in [0.15, 0.2) is 0 Å². The lowest BCUT2D eigenvalue weighted by Crippen LogP contribution is -2.33. The number of nitriles is 1. The number of nitrogens with zero attached hydrogens (tertiary/aromatic N) is 4. The molecular formula is C21H22N6S. The van der Waals surface area contributed by atoms with Crippen LogP contribution in [0, 0.1) is 11.3 Å². The Morgan fingerprint density at radius 2 is 2.14 bits per heavy atom. The van der Waals surface area contributed by atoms with Crippen LogP contribution in [-0.2, 0) is 13.5 Å². The second kappa shape index (κ2) is 8.46. The molecule has 28 heavy (non-hydrogen) atoms. The van der Waals surface area contributed by atoms with E-state index in [1.165, 1.54) is 5.56 Å². The fourth-order valence-corrected chi connectivity index (χ4v) is 4.24. The van der Waals surface area contributed by atoms with E-state index in [2.05, 4.69) is 32.9 Å². The Labute approximate surface area is 169 Å². The molecule has 0 fully saturated rings. The minimum atomic E-state index is 0.449. The van der Waals surface area contributed by atoms with Crippen molar-refractivity contribution in [2.45, 2.75) is 16.7 Å². The van der Waals surface area contributed by atoms with Gasteiger partial charge in [-0.3, -0.25) is 4.68 Å². The van der Waals surface area contributed by atoms with Crippen molar-refractivity contribution < 1.29 is 0 Å². The molecule has 7 heteroatoms. The molecule has 3 aromatic rings. The molecule has 1 unspecified atom stereocenters. The Morgan fingerprint density at radius 1 is 1.29 bits per heavy atom. The molecule has 4 rings (SSSR count). The molecule has 0 radical (unpaired) electrons. The first-order chi connectivity index (χ1) is 13.7. The summed E-state index contributed by atoms with van der Waals surface area (Å²) in [5, 5.41) is 21.6. The molecule has 1 aliphatic rings. The first-order valence-corrected chi connectivity index (χ1v) is 10.2. The van der Waals surface area contributed by atoms with E-state index in [9.17, 15) is 0 Å². The number of aromatic nitrogens is 3. The maximum absolute atomic E-state index is 8.85. The Hall–Kier alpha value is -2.82. The van der Waals surface area contributed by atoms with Gasteiger partial charge in [0.2, 0.25) is 0 Å². The first kappa shape index (κ1) is 18.5. The molecule has 142 valence electrons. The number of aryl methyl sites for hydroxylation is 1. The highest BCUT2D eigenvalue weighted by Gasteiger charge is 2.20. The topological polar surface area (TPSA) is 78.6 Å². The van der Waals surface area contributed by atoms with Gasteiger partial charge >= 0.3 is 0 Å². The van der Waals surface area contributed by atoms with Crippen LogP contribution in [0.3, 0.4) is 0 Å². The number of hydrogen-bond donors (Lipinski definition) is 2. The number of hydrogen-bond acceptors (Lipinski definition) is 6. The number of nitrogens with one attached hydrogen (secondary N) is 2. The van der Waals surface area contributed by atoms with Crippen molar-refractivity contribution in [3.63, 3.8) is 0 Å². The largest absolute Gasteiger partial charge is 0.382 e. The van der Waals surface area contributed by atoms with Crippen molar-refractivity contribution in [2.24, 2.45) is 7.05 Å². The Kier molecular flexibility index (Phi) is 5.60. The molecule has 1 aromatic carbocycles. The standard InChI is InChI=1S/C21H22N6S/c1-27-14-18(11-26-27)17-8-20-21(25-10-17)28-19(13-24-20)12-23-7-6-15-2-4-16(9-22)5-3-15/h2-5,8,10-11,14,19,23-24H,6-7,12-13H2,1H3. The second-order valence-electron chi connectivity index (χ2n) is 6.86. The predicted octanol–water partition coefficient (Wildman–Crippen LogP) is 3.07. The average Bonchev–Trinajstić information content (AvgIpc) is 3.17. The summed E-state index contributed by atoms with van der Waals surface area (Å²) < 4.78 is 1.80. The fraction of sp³-hybridized carbons (Fsp3) is 0.286. The number of rotatable bonds is 6. The molecule has 0 aliphatic carbocycles. The lowest BCUT2D eigenvalue weighted by Gasteiger charge is -2.25. The minimum Gasteiger partial charge on any atom is -0.382 e. The normalized spacial score (nSPS) is 15.5. The monoisotopic (exact) mass is 390 g/mol. The maximum Gasteiger partial charge on any atom is 0.120 e. The quantitative estimate of drug-likeness (QED) is 0.630. The van der Waals surface area contributed by atoms with Crippen molar-refractivity contribution in [2.75, 3.05) is 25.0 Å². The lowest BCUT2D eigenvalue weighted by molar-refractivity contribution is 0.665. The molecule has 1 aliphatic heterocycles. The van der Waals surface area contributed by atoms with Gasteiger partial charge in [-0.1, -0.05) is 23.9 Å². The van der Waals surface area contributed by atoms with Crippen molar-refractivity contribution in [1.82, 2.24) is 20.1 Å². The SMILES string of the molecule is Cn1cc(-c2cnc3c(c2)NCC(CNCCc2ccc(C#N)cc2)S3)cn1. The van der Waals surface area contributed by atoms with E-state index in [0.29, 0.717) is 10.8 Å². The van der Waals surface area contributed by atoms with Gasteiger partial charge in [-0.15, -0.1) is 0 Å². The number of thioether (sulfide) groups is 1. The third-order valence-electron chi connectivity index (χ3n) is 4.73. The molecule has 0 spiro atoms. The van der Waals surface area contributed by atoms with Crippen LogP contribution in [0.15, 0.2) is 53.9 Å². The average molecular weight is 391 g/mol. The third-order valence-corrected chi connectivity index (χ3v) is 5.95. The zero-order valence-corrected chi connectivity index (χ0v) is 16.5. The summed E-state index contributed by atoms with van der Waals surface area (Å²) in [5.74, 6) is 0. The summed E-state index contributed by atoms with van der Waals surface area (Å²) in [6.07, 6.45) is 6.74. The highest BCUT2D eigenvalue weighted by atomic mass is 32.2. The van der Waals surface area contributed by atoms with Gasteiger partial charge in [0.1, 0.15) is 5.03 Å². The highest BCUT2D eigenvalue weighted by molar-refractivity contribution is 8.00. The summed E-state index contributed by atoms with van der Waals surface area (Å²) in [7, 11) is 1.92. The Balaban J connectivity index is 1.27. The maximum atomic E-state index is 8.85. The number of benzene rings is 1. The van der Waals surface area contributed by atoms with Crippen molar-refractivity contribution in [3.05, 3.63) is 60.0 Å². The lowest BCUT2D eigenvalue weighted by atomic mass is 10.1. The fourth-order valence-electron chi connectivity index (χ4n) is 3.18. The summed E-state index contributed by atoms with van der Waals surface area (Å²) >= 11 is 1.82. The second-order valence-corrected chi connectivity index (χ2v) is 8.15. The van der Waals surface area contributed by atoms with Gasteiger partial charge in [0.25, 0.3) is 0 Å². The van der Waals surface area contributed by atoms with Gasteiger partial charge in [-0.25, -0.2) is 4.98 Å². The summed E-state index contributed by atoms with van der Waals surface area (Å²) in [5.41, 5.74) is 5.21. The molecular weight excluding hydrogens is 368 g/mol. The summed E-state index contributed by atoms with van der Waals surface area (Å²) in [6.45, 7) is 2.77. The van der Waals surface area contributed by atoms with Gasteiger partial charge in [-0.05, 0) is 36.7 Å². The van der Waals surface area contributed by atoms with Crippen molar-refractivity contribution >= 4 is 17.4 Å². The van der Waals surface area contributed by atoms with E-state index < -0.39 is 0 Å². The van der Waals surface area contributed by atoms with Gasteiger partial charge in [-0.2, -0.15) is 10.4 Å².